The Morgan fingerprint density at radius 1 is 1.07 bits per heavy atom. The van der Waals surface area contributed by atoms with E-state index in [2.05, 4.69) is 82.0 Å². The molecule has 3 aliphatic rings. The van der Waals surface area contributed by atoms with Crippen molar-refractivity contribution in [1.82, 2.24) is 4.90 Å². The Bertz CT molecular complexity index is 1250. The van der Waals surface area contributed by atoms with Crippen molar-refractivity contribution >= 4 is 34.3 Å². The quantitative estimate of drug-likeness (QED) is 0.187. The third-order valence-electron chi connectivity index (χ3n) is 10.9. The molecule has 1 aromatic rings. The summed E-state index contributed by atoms with van der Waals surface area (Å²) in [5.41, 5.74) is 1.89. The lowest BCUT2D eigenvalue weighted by Gasteiger charge is -2.44. The smallest absolute Gasteiger partial charge is 0.416 e. The molecule has 246 valence electrons. The Hall–Kier alpha value is -2.31. The highest BCUT2D eigenvalue weighted by atomic mass is 28.4. The van der Waals surface area contributed by atoms with Crippen molar-refractivity contribution < 1.29 is 27.9 Å². The van der Waals surface area contributed by atoms with Crippen LogP contribution in [0.3, 0.4) is 0 Å². The maximum absolute atomic E-state index is 14.5. The van der Waals surface area contributed by atoms with Gasteiger partial charge in [-0.2, -0.15) is 0 Å². The van der Waals surface area contributed by atoms with Crippen molar-refractivity contribution in [3.8, 4) is 11.5 Å². The number of methoxy groups -OCH3 is 1. The first kappa shape index (κ1) is 34.6. The zero-order valence-electron chi connectivity index (χ0n) is 29.2. The van der Waals surface area contributed by atoms with Crippen molar-refractivity contribution in [3.63, 3.8) is 0 Å². The Kier molecular flexibility index (Phi) is 9.53. The summed E-state index contributed by atoms with van der Waals surface area (Å²) in [6.07, 6.45) is 3.25. The first-order chi connectivity index (χ1) is 20.4. The summed E-state index contributed by atoms with van der Waals surface area (Å²) in [5, 5.41) is -0.116. The molecule has 2 fully saturated rings. The van der Waals surface area contributed by atoms with Crippen LogP contribution >= 0.6 is 0 Å². The van der Waals surface area contributed by atoms with E-state index in [1.54, 1.807) is 24.2 Å². The Balaban J connectivity index is 1.98. The molecule has 4 rings (SSSR count). The van der Waals surface area contributed by atoms with Crippen LogP contribution in [0, 0.1) is 5.41 Å². The average molecular weight is 645 g/mol. The van der Waals surface area contributed by atoms with Gasteiger partial charge in [0.1, 0.15) is 12.4 Å². The number of benzene rings is 1. The summed E-state index contributed by atoms with van der Waals surface area (Å²) in [6.45, 7) is 28.8. The maximum atomic E-state index is 14.5. The van der Waals surface area contributed by atoms with Gasteiger partial charge >= 0.3 is 6.09 Å². The van der Waals surface area contributed by atoms with Gasteiger partial charge < -0.3 is 23.2 Å². The standard InChI is InChI=1S/C34H56N2O6Si2/c1-14-17-40-32(38)36-26-19-29(41-44(22(2)3,23(4)5)24(6)7)28(39-11)18-25(26)30(37)35-21-34(15-16-34)20-27(35)31(36)42-43(12,13)33(8,9)10/h14,18-19,22-24,27,31H,1,15-17,20-21H2,2-13H3/t27-,31-/m0/s1. The molecule has 0 bridgehead atoms. The molecule has 1 saturated heterocycles. The van der Waals surface area contributed by atoms with E-state index in [0.29, 0.717) is 45.9 Å². The van der Waals surface area contributed by atoms with Gasteiger partial charge in [-0.05, 0) is 65.5 Å². The molecule has 0 unspecified atom stereocenters. The molecule has 2 atom stereocenters. The summed E-state index contributed by atoms with van der Waals surface area (Å²) in [6, 6.07) is 3.31. The summed E-state index contributed by atoms with van der Waals surface area (Å²) >= 11 is 0. The fourth-order valence-electron chi connectivity index (χ4n) is 7.29. The lowest BCUT2D eigenvalue weighted by atomic mass is 10.0. The molecule has 1 spiro atoms. The minimum Gasteiger partial charge on any atom is -0.540 e. The monoisotopic (exact) mass is 644 g/mol. The zero-order valence-corrected chi connectivity index (χ0v) is 31.2. The highest BCUT2D eigenvalue weighted by Gasteiger charge is 2.60. The molecule has 0 aromatic heterocycles. The lowest BCUT2D eigenvalue weighted by Crippen LogP contribution is -2.58. The highest BCUT2D eigenvalue weighted by molar-refractivity contribution is 6.78. The predicted molar refractivity (Wildman–Crippen MR) is 182 cm³/mol. The van der Waals surface area contributed by atoms with Gasteiger partial charge in [0.25, 0.3) is 14.2 Å². The second-order valence-corrected chi connectivity index (χ2v) is 25.8. The van der Waals surface area contributed by atoms with Crippen molar-refractivity contribution in [2.24, 2.45) is 5.41 Å². The number of fused-ring (bicyclic) bond motifs is 2. The Morgan fingerprint density at radius 3 is 2.14 bits per heavy atom. The number of rotatable bonds is 10. The van der Waals surface area contributed by atoms with E-state index in [-0.39, 0.29) is 29.0 Å². The third kappa shape index (κ3) is 5.98. The van der Waals surface area contributed by atoms with Gasteiger partial charge in [0.2, 0.25) is 0 Å². The molecule has 44 heavy (non-hydrogen) atoms. The fourth-order valence-corrected chi connectivity index (χ4v) is 13.8. The van der Waals surface area contributed by atoms with E-state index in [1.807, 2.05) is 11.0 Å². The van der Waals surface area contributed by atoms with Crippen LogP contribution < -0.4 is 14.1 Å². The topological polar surface area (TPSA) is 77.5 Å². The molecule has 8 nitrogen and oxygen atoms in total. The van der Waals surface area contributed by atoms with E-state index in [1.165, 1.54) is 0 Å². The number of nitrogens with zero attached hydrogens (tertiary/aromatic N) is 2. The summed E-state index contributed by atoms with van der Waals surface area (Å²) < 4.78 is 26.0. The molecule has 10 heteroatoms. The van der Waals surface area contributed by atoms with Crippen LogP contribution in [0.4, 0.5) is 10.5 Å². The van der Waals surface area contributed by atoms with Gasteiger partial charge in [-0.25, -0.2) is 9.69 Å². The van der Waals surface area contributed by atoms with Crippen molar-refractivity contribution in [2.75, 3.05) is 25.2 Å². The second-order valence-electron chi connectivity index (χ2n) is 15.6. The van der Waals surface area contributed by atoms with Crippen LogP contribution in [0.1, 0.15) is 91.9 Å². The average Bonchev–Trinajstić information content (AvgIpc) is 3.58. The Morgan fingerprint density at radius 2 is 1.66 bits per heavy atom. The van der Waals surface area contributed by atoms with Crippen molar-refractivity contribution in [3.05, 3.63) is 30.4 Å². The van der Waals surface area contributed by atoms with Crippen LogP contribution in [0.15, 0.2) is 24.8 Å². The van der Waals surface area contributed by atoms with E-state index in [9.17, 15) is 9.59 Å². The molecular weight excluding hydrogens is 589 g/mol. The van der Waals surface area contributed by atoms with Crippen LogP contribution in [-0.2, 0) is 9.16 Å². The summed E-state index contributed by atoms with van der Waals surface area (Å²) in [4.78, 5) is 32.2. The number of hydrogen-bond donors (Lipinski definition) is 0. The number of hydrogen-bond acceptors (Lipinski definition) is 6. The Labute approximate surface area is 267 Å². The van der Waals surface area contributed by atoms with Gasteiger partial charge in [-0.3, -0.25) is 4.79 Å². The number of ether oxygens (including phenoxy) is 2. The molecule has 1 aliphatic carbocycles. The number of carbonyl (C=O) groups is 2. The molecular formula is C34H56N2O6Si2. The van der Waals surface area contributed by atoms with Crippen LogP contribution in [-0.4, -0.2) is 66.1 Å². The van der Waals surface area contributed by atoms with Gasteiger partial charge in [-0.1, -0.05) is 75.0 Å². The summed E-state index contributed by atoms with van der Waals surface area (Å²) in [5.74, 6) is 0.938. The van der Waals surface area contributed by atoms with Crippen LogP contribution in [0.5, 0.6) is 11.5 Å². The predicted octanol–water partition coefficient (Wildman–Crippen LogP) is 8.73. The van der Waals surface area contributed by atoms with Crippen molar-refractivity contribution in [2.45, 2.75) is 129 Å². The number of anilines is 1. The molecule has 0 radical (unpaired) electrons. The number of amides is 2. The fraction of sp³-hybridized carbons (Fsp3) is 0.706. The second kappa shape index (κ2) is 12.1. The first-order valence-corrected chi connectivity index (χ1v) is 21.4. The van der Waals surface area contributed by atoms with E-state index >= 15 is 0 Å². The van der Waals surface area contributed by atoms with Gasteiger partial charge in [0.05, 0.1) is 24.4 Å². The van der Waals surface area contributed by atoms with E-state index < -0.39 is 29.0 Å². The minimum absolute atomic E-state index is 0.0489. The first-order valence-electron chi connectivity index (χ1n) is 16.3. The minimum atomic E-state index is -2.43. The maximum Gasteiger partial charge on any atom is 0.416 e. The van der Waals surface area contributed by atoms with Crippen LogP contribution in [0.25, 0.3) is 0 Å². The van der Waals surface area contributed by atoms with Gasteiger partial charge in [-0.15, -0.1) is 0 Å². The molecule has 2 heterocycles. The third-order valence-corrected chi connectivity index (χ3v) is 21.3. The number of carbonyl (C=O) groups excluding carboxylic acids is 2. The SMILES string of the molecule is C=CCOC(=O)N1c2cc(O[Si](C(C)C)(C(C)C)C(C)C)c(OC)cc2C(=O)N2CC3(CC3)C[C@H]2[C@@H]1O[Si](C)(C)C(C)(C)C. The van der Waals surface area contributed by atoms with E-state index in [0.717, 1.165) is 19.3 Å². The molecule has 0 N–H and O–H groups in total. The largest absolute Gasteiger partial charge is 0.540 e. The normalized spacial score (nSPS) is 21.5. The van der Waals surface area contributed by atoms with Gasteiger partial charge in [0, 0.05) is 12.6 Å². The zero-order chi connectivity index (χ0) is 33.0. The highest BCUT2D eigenvalue weighted by Crippen LogP contribution is 2.58. The van der Waals surface area contributed by atoms with Crippen LogP contribution in [0.2, 0.25) is 34.8 Å². The van der Waals surface area contributed by atoms with Crippen molar-refractivity contribution in [1.29, 1.82) is 0 Å². The van der Waals surface area contributed by atoms with E-state index in [4.69, 9.17) is 18.3 Å². The van der Waals surface area contributed by atoms with Gasteiger partial charge in [0.15, 0.2) is 20.3 Å². The molecule has 2 aliphatic heterocycles. The molecule has 1 aromatic carbocycles. The lowest BCUT2D eigenvalue weighted by molar-refractivity contribution is 0.0528. The molecule has 2 amide bonds. The summed E-state index contributed by atoms with van der Waals surface area (Å²) in [7, 11) is -3.25. The molecule has 1 saturated carbocycles.